The molecule has 176 valence electrons. The second kappa shape index (κ2) is 12.5. The van der Waals surface area contributed by atoms with Crippen LogP contribution in [0.2, 0.25) is 0 Å². The first kappa shape index (κ1) is 24.2. The highest BCUT2D eigenvalue weighted by molar-refractivity contribution is 5.93. The van der Waals surface area contributed by atoms with Crippen molar-refractivity contribution < 1.29 is 19.1 Å². The second-order valence-corrected chi connectivity index (χ2v) is 7.80. The molecule has 36 heavy (non-hydrogen) atoms. The first-order valence-electron chi connectivity index (χ1n) is 11.4. The molecule has 0 bridgehead atoms. The largest absolute Gasteiger partial charge is 0.423 e. The lowest BCUT2D eigenvalue weighted by Gasteiger charge is -2.03. The molecule has 0 aliphatic carbocycles. The van der Waals surface area contributed by atoms with E-state index < -0.39 is 11.9 Å². The van der Waals surface area contributed by atoms with Crippen LogP contribution < -0.4 is 9.47 Å². The Balaban J connectivity index is 1.24. The third-order valence-electron chi connectivity index (χ3n) is 5.09. The topological polar surface area (TPSA) is 52.6 Å². The average Bonchev–Trinajstić information content (AvgIpc) is 2.92. The van der Waals surface area contributed by atoms with E-state index in [1.807, 2.05) is 109 Å². The zero-order valence-corrected chi connectivity index (χ0v) is 19.5. The normalized spacial score (nSPS) is 11.2. The Morgan fingerprint density at radius 3 is 1.06 bits per heavy atom. The molecule has 0 spiro atoms. The lowest BCUT2D eigenvalue weighted by Crippen LogP contribution is -2.08. The first-order chi connectivity index (χ1) is 17.6. The summed E-state index contributed by atoms with van der Waals surface area (Å²) in [7, 11) is 0. The monoisotopic (exact) mass is 472 g/mol. The lowest BCUT2D eigenvalue weighted by atomic mass is 10.1. The van der Waals surface area contributed by atoms with E-state index in [1.165, 1.54) is 0 Å². The summed E-state index contributed by atoms with van der Waals surface area (Å²) in [5, 5.41) is 0. The Hall–Kier alpha value is -4.96. The van der Waals surface area contributed by atoms with E-state index in [0.717, 1.165) is 34.4 Å². The molecule has 0 atom stereocenters. The van der Waals surface area contributed by atoms with E-state index in [4.69, 9.17) is 9.47 Å². The maximum atomic E-state index is 12.1. The molecule has 4 aromatic carbocycles. The fourth-order valence-electron chi connectivity index (χ4n) is 3.24. The van der Waals surface area contributed by atoms with Gasteiger partial charge >= 0.3 is 11.9 Å². The van der Waals surface area contributed by atoms with Crippen LogP contribution >= 0.6 is 0 Å². The highest BCUT2D eigenvalue weighted by atomic mass is 16.5. The Bertz CT molecular complexity index is 1260. The zero-order chi connectivity index (χ0) is 25.0. The molecule has 0 amide bonds. The van der Waals surface area contributed by atoms with Crippen molar-refractivity contribution in [2.24, 2.45) is 0 Å². The van der Waals surface area contributed by atoms with E-state index >= 15 is 0 Å². The molecule has 0 N–H and O–H groups in total. The minimum absolute atomic E-state index is 0.383. The number of esters is 2. The second-order valence-electron chi connectivity index (χ2n) is 7.80. The van der Waals surface area contributed by atoms with Gasteiger partial charge in [-0.15, -0.1) is 0 Å². The Morgan fingerprint density at radius 1 is 0.417 bits per heavy atom. The molecule has 0 radical (unpaired) electrons. The van der Waals surface area contributed by atoms with Gasteiger partial charge in [0, 0.05) is 12.2 Å². The van der Waals surface area contributed by atoms with Crippen LogP contribution in [0.1, 0.15) is 22.3 Å². The number of rotatable bonds is 8. The fraction of sp³-hybridized carbons (Fsp3) is 0. The van der Waals surface area contributed by atoms with Crippen molar-refractivity contribution in [2.75, 3.05) is 0 Å². The van der Waals surface area contributed by atoms with Gasteiger partial charge in [-0.2, -0.15) is 0 Å². The summed E-state index contributed by atoms with van der Waals surface area (Å²) in [6, 6.07) is 34.1. The average molecular weight is 473 g/mol. The molecular weight excluding hydrogens is 448 g/mol. The molecule has 0 aliphatic rings. The number of carbonyl (C=O) groups excluding carboxylic acids is 2. The molecular formula is C32H24O4. The Morgan fingerprint density at radius 2 is 0.722 bits per heavy atom. The van der Waals surface area contributed by atoms with Crippen LogP contribution in [0.25, 0.3) is 24.3 Å². The van der Waals surface area contributed by atoms with Crippen molar-refractivity contribution in [3.05, 3.63) is 144 Å². The van der Waals surface area contributed by atoms with Gasteiger partial charge in [-0.1, -0.05) is 109 Å². The van der Waals surface area contributed by atoms with Crippen molar-refractivity contribution in [3.8, 4) is 11.5 Å². The van der Waals surface area contributed by atoms with Gasteiger partial charge in [-0.05, 0) is 46.5 Å². The molecule has 4 aromatic rings. The van der Waals surface area contributed by atoms with Crippen LogP contribution in [0.5, 0.6) is 11.5 Å². The molecule has 0 saturated carbocycles. The van der Waals surface area contributed by atoms with E-state index in [1.54, 1.807) is 24.3 Å². The molecule has 0 heterocycles. The van der Waals surface area contributed by atoms with Crippen molar-refractivity contribution in [1.82, 2.24) is 0 Å². The van der Waals surface area contributed by atoms with Crippen LogP contribution in [0, 0.1) is 0 Å². The standard InChI is InChI=1S/C32H24O4/c33-31(35-29-19-15-27(16-20-29)13-11-25-7-3-1-4-8-25)23-24-32(34)36-30-21-17-28(18-22-30)14-12-26-9-5-2-6-10-26/h1-24H/b13-11?,14-12?,24-23-. The first-order valence-corrected chi connectivity index (χ1v) is 11.4. The minimum atomic E-state index is -0.666. The predicted octanol–water partition coefficient (Wildman–Crippen LogP) is 7.09. The molecule has 0 aliphatic heterocycles. The van der Waals surface area contributed by atoms with Gasteiger partial charge in [0.05, 0.1) is 0 Å². The SMILES string of the molecule is O=C(/C=C\C(=O)Oc1ccc(C=Cc2ccccc2)cc1)Oc1ccc(C=Cc2ccccc2)cc1. The molecule has 0 saturated heterocycles. The van der Waals surface area contributed by atoms with Crippen molar-refractivity contribution in [1.29, 1.82) is 0 Å². The summed E-state index contributed by atoms with van der Waals surface area (Å²) < 4.78 is 10.5. The number of ether oxygens (including phenoxy) is 2. The van der Waals surface area contributed by atoms with E-state index in [-0.39, 0.29) is 0 Å². The lowest BCUT2D eigenvalue weighted by molar-refractivity contribution is -0.131. The third kappa shape index (κ3) is 7.82. The van der Waals surface area contributed by atoms with Gasteiger partial charge in [0.1, 0.15) is 11.5 Å². The van der Waals surface area contributed by atoms with Gasteiger partial charge in [0.25, 0.3) is 0 Å². The zero-order valence-electron chi connectivity index (χ0n) is 19.5. The fourth-order valence-corrected chi connectivity index (χ4v) is 3.24. The van der Waals surface area contributed by atoms with Gasteiger partial charge in [-0.25, -0.2) is 9.59 Å². The summed E-state index contributed by atoms with van der Waals surface area (Å²) in [5.41, 5.74) is 4.14. The van der Waals surface area contributed by atoms with E-state index in [0.29, 0.717) is 11.5 Å². The number of hydrogen-bond acceptors (Lipinski definition) is 4. The predicted molar refractivity (Wildman–Crippen MR) is 144 cm³/mol. The van der Waals surface area contributed by atoms with Gasteiger partial charge in [-0.3, -0.25) is 0 Å². The molecule has 0 unspecified atom stereocenters. The quantitative estimate of drug-likeness (QED) is 0.119. The van der Waals surface area contributed by atoms with Crippen molar-refractivity contribution in [2.45, 2.75) is 0 Å². The van der Waals surface area contributed by atoms with Crippen LogP contribution in [0.15, 0.2) is 121 Å². The maximum absolute atomic E-state index is 12.1. The number of benzene rings is 4. The van der Waals surface area contributed by atoms with E-state index in [2.05, 4.69) is 0 Å². The van der Waals surface area contributed by atoms with Crippen LogP contribution in [-0.2, 0) is 9.59 Å². The molecule has 4 nitrogen and oxygen atoms in total. The van der Waals surface area contributed by atoms with Crippen LogP contribution in [0.4, 0.5) is 0 Å². The van der Waals surface area contributed by atoms with Gasteiger partial charge in [0.2, 0.25) is 0 Å². The van der Waals surface area contributed by atoms with Crippen LogP contribution in [-0.4, -0.2) is 11.9 Å². The third-order valence-corrected chi connectivity index (χ3v) is 5.09. The molecule has 0 fully saturated rings. The minimum Gasteiger partial charge on any atom is -0.423 e. The summed E-state index contributed by atoms with van der Waals surface area (Å²) in [5.74, 6) is -0.565. The highest BCUT2D eigenvalue weighted by Gasteiger charge is 2.04. The Kier molecular flexibility index (Phi) is 8.39. The maximum Gasteiger partial charge on any atom is 0.336 e. The van der Waals surface area contributed by atoms with Crippen molar-refractivity contribution in [3.63, 3.8) is 0 Å². The summed E-state index contributed by atoms with van der Waals surface area (Å²) in [6.07, 6.45) is 10.0. The smallest absolute Gasteiger partial charge is 0.336 e. The summed E-state index contributed by atoms with van der Waals surface area (Å²) >= 11 is 0. The highest BCUT2D eigenvalue weighted by Crippen LogP contribution is 2.16. The number of hydrogen-bond donors (Lipinski definition) is 0. The molecule has 4 heteroatoms. The molecule has 4 rings (SSSR count). The van der Waals surface area contributed by atoms with Crippen LogP contribution in [0.3, 0.4) is 0 Å². The van der Waals surface area contributed by atoms with Crippen molar-refractivity contribution >= 4 is 36.2 Å². The molecule has 0 aromatic heterocycles. The number of carbonyl (C=O) groups is 2. The Labute approximate surface area is 210 Å². The van der Waals surface area contributed by atoms with Gasteiger partial charge in [0.15, 0.2) is 0 Å². The van der Waals surface area contributed by atoms with Gasteiger partial charge < -0.3 is 9.47 Å². The summed E-state index contributed by atoms with van der Waals surface area (Å²) in [6.45, 7) is 0. The summed E-state index contributed by atoms with van der Waals surface area (Å²) in [4.78, 5) is 24.1. The van der Waals surface area contributed by atoms with E-state index in [9.17, 15) is 9.59 Å².